The molecule has 1 aliphatic rings. The van der Waals surface area contributed by atoms with Crippen molar-refractivity contribution < 1.29 is 14.0 Å². The number of aromatic nitrogens is 3. The molecule has 152 valence electrons. The lowest BCUT2D eigenvalue weighted by atomic mass is 9.90. The Bertz CT molecular complexity index is 1090. The predicted molar refractivity (Wildman–Crippen MR) is 114 cm³/mol. The number of ketones is 2. The van der Waals surface area contributed by atoms with Crippen molar-refractivity contribution in [3.63, 3.8) is 0 Å². The van der Waals surface area contributed by atoms with Crippen LogP contribution in [0.15, 0.2) is 15.7 Å². The number of rotatable bonds is 6. The Labute approximate surface area is 177 Å². The van der Waals surface area contributed by atoms with Crippen molar-refractivity contribution in [1.29, 1.82) is 0 Å². The third kappa shape index (κ3) is 3.96. The van der Waals surface area contributed by atoms with Gasteiger partial charge in [-0.25, -0.2) is 0 Å². The number of carbonyl (C=O) groups excluding carboxylic acids is 2. The molecule has 1 N–H and O–H groups in total. The Morgan fingerprint density at radius 3 is 2.86 bits per heavy atom. The summed E-state index contributed by atoms with van der Waals surface area (Å²) in [6, 6.07) is 2.16. The van der Waals surface area contributed by atoms with Gasteiger partial charge in [-0.15, -0.1) is 21.5 Å². The molecule has 1 atom stereocenters. The van der Waals surface area contributed by atoms with Crippen LogP contribution in [0.1, 0.15) is 62.8 Å². The zero-order valence-corrected chi connectivity index (χ0v) is 18.6. The molecule has 1 unspecified atom stereocenters. The van der Waals surface area contributed by atoms with Crippen LogP contribution in [-0.4, -0.2) is 32.5 Å². The van der Waals surface area contributed by atoms with Gasteiger partial charge in [0.1, 0.15) is 0 Å². The van der Waals surface area contributed by atoms with Gasteiger partial charge in [0.25, 0.3) is 11.1 Å². The minimum Gasteiger partial charge on any atom is -0.410 e. The second kappa shape index (κ2) is 7.91. The first-order valence-corrected chi connectivity index (χ1v) is 11.4. The monoisotopic (exact) mass is 429 g/mol. The minimum atomic E-state index is -0.0941. The lowest BCUT2D eigenvalue weighted by Crippen LogP contribution is -2.07. The maximum Gasteiger partial charge on any atom is 0.277 e. The fraction of sp³-hybridized carbons (Fsp3) is 0.429. The molecule has 0 spiro atoms. The number of aryl methyl sites for hydroxylation is 2. The molecule has 3 aromatic rings. The average molecular weight is 430 g/mol. The number of fused-ring (bicyclic) bond motifs is 1. The van der Waals surface area contributed by atoms with Gasteiger partial charge < -0.3 is 9.40 Å². The zero-order valence-electron chi connectivity index (χ0n) is 16.9. The van der Waals surface area contributed by atoms with Crippen molar-refractivity contribution in [2.75, 3.05) is 5.75 Å². The maximum atomic E-state index is 12.6. The highest BCUT2D eigenvalue weighted by molar-refractivity contribution is 7.99. The number of hydrogen-bond acceptors (Lipinski definition) is 7. The lowest BCUT2D eigenvalue weighted by molar-refractivity contribution is 0.101. The van der Waals surface area contributed by atoms with E-state index >= 15 is 0 Å². The zero-order chi connectivity index (χ0) is 20.7. The van der Waals surface area contributed by atoms with Gasteiger partial charge in [-0.05, 0) is 63.1 Å². The second-order valence-electron chi connectivity index (χ2n) is 7.67. The quantitative estimate of drug-likeness (QED) is 0.436. The van der Waals surface area contributed by atoms with Crippen molar-refractivity contribution in [1.82, 2.24) is 15.2 Å². The van der Waals surface area contributed by atoms with Crippen LogP contribution in [0, 0.1) is 19.8 Å². The smallest absolute Gasteiger partial charge is 0.277 e. The number of hydrogen-bond donors (Lipinski definition) is 1. The SMILES string of the molecule is CC(=O)c1c(C)[nH]c(C(=O)CSc2nnc(-c3cc4c(s3)CCC(C)C4)o2)c1C. The molecule has 8 heteroatoms. The molecule has 3 aromatic heterocycles. The molecule has 0 bridgehead atoms. The van der Waals surface area contributed by atoms with Crippen LogP contribution in [-0.2, 0) is 12.8 Å². The second-order valence-corrected chi connectivity index (χ2v) is 9.74. The number of thioether (sulfide) groups is 1. The van der Waals surface area contributed by atoms with Gasteiger partial charge in [0.05, 0.1) is 16.3 Å². The van der Waals surface area contributed by atoms with Gasteiger partial charge >= 0.3 is 0 Å². The molecule has 0 radical (unpaired) electrons. The van der Waals surface area contributed by atoms with E-state index in [9.17, 15) is 9.59 Å². The van der Waals surface area contributed by atoms with Gasteiger partial charge in [-0.3, -0.25) is 9.59 Å². The number of nitrogens with zero attached hydrogens (tertiary/aromatic N) is 2. The van der Waals surface area contributed by atoms with Gasteiger partial charge in [-0.1, -0.05) is 18.7 Å². The van der Waals surface area contributed by atoms with Crippen molar-refractivity contribution in [3.8, 4) is 10.8 Å². The summed E-state index contributed by atoms with van der Waals surface area (Å²) in [6.45, 7) is 7.39. The number of thiophene rings is 1. The Morgan fingerprint density at radius 2 is 2.14 bits per heavy atom. The maximum absolute atomic E-state index is 12.6. The molecule has 0 saturated carbocycles. The van der Waals surface area contributed by atoms with Crippen LogP contribution >= 0.6 is 23.1 Å². The normalized spacial score (nSPS) is 16.1. The van der Waals surface area contributed by atoms with Crippen LogP contribution in [0.4, 0.5) is 0 Å². The van der Waals surface area contributed by atoms with Crippen molar-refractivity contribution in [3.05, 3.63) is 39.0 Å². The molecular formula is C21H23N3O3S2. The molecule has 0 aromatic carbocycles. The van der Waals surface area contributed by atoms with Crippen molar-refractivity contribution in [2.24, 2.45) is 5.92 Å². The highest BCUT2D eigenvalue weighted by Gasteiger charge is 2.23. The van der Waals surface area contributed by atoms with Crippen LogP contribution in [0.3, 0.4) is 0 Å². The Balaban J connectivity index is 1.45. The standard InChI is InChI=1S/C21H23N3O3S2/c1-10-5-6-16-14(7-10)8-17(29-16)20-23-24-21(27-20)28-9-15(26)19-11(2)18(13(4)25)12(3)22-19/h8,10,22H,5-7,9H2,1-4H3. The van der Waals surface area contributed by atoms with E-state index in [0.29, 0.717) is 33.9 Å². The summed E-state index contributed by atoms with van der Waals surface area (Å²) in [5.74, 6) is 1.25. The summed E-state index contributed by atoms with van der Waals surface area (Å²) < 4.78 is 5.79. The molecule has 0 saturated heterocycles. The van der Waals surface area contributed by atoms with Crippen LogP contribution < -0.4 is 0 Å². The van der Waals surface area contributed by atoms with Crippen molar-refractivity contribution >= 4 is 34.7 Å². The highest BCUT2D eigenvalue weighted by atomic mass is 32.2. The van der Waals surface area contributed by atoms with Crippen LogP contribution in [0.25, 0.3) is 10.8 Å². The van der Waals surface area contributed by atoms with E-state index < -0.39 is 0 Å². The minimum absolute atomic E-state index is 0.0439. The van der Waals surface area contributed by atoms with E-state index in [1.807, 2.05) is 0 Å². The number of Topliss-reactive ketones (excluding diaryl/α,β-unsaturated/α-hetero) is 2. The fourth-order valence-corrected chi connectivity index (χ4v) is 5.70. The van der Waals surface area contributed by atoms with E-state index in [0.717, 1.165) is 23.4 Å². The summed E-state index contributed by atoms with van der Waals surface area (Å²) >= 11 is 2.94. The number of nitrogens with one attached hydrogen (secondary N) is 1. The molecule has 29 heavy (non-hydrogen) atoms. The summed E-state index contributed by atoms with van der Waals surface area (Å²) in [6.07, 6.45) is 3.44. The van der Waals surface area contributed by atoms with Crippen molar-refractivity contribution in [2.45, 2.75) is 52.2 Å². The average Bonchev–Trinajstić information content (AvgIpc) is 3.36. The molecular weight excluding hydrogens is 406 g/mol. The third-order valence-electron chi connectivity index (χ3n) is 5.34. The Morgan fingerprint density at radius 1 is 1.34 bits per heavy atom. The first kappa shape index (κ1) is 20.1. The van der Waals surface area contributed by atoms with Crippen LogP contribution in [0.5, 0.6) is 0 Å². The molecule has 1 aliphatic carbocycles. The lowest BCUT2D eigenvalue weighted by Gasteiger charge is -2.16. The van der Waals surface area contributed by atoms with E-state index in [4.69, 9.17) is 4.42 Å². The van der Waals surface area contributed by atoms with Gasteiger partial charge in [0.15, 0.2) is 11.6 Å². The Kier molecular flexibility index (Phi) is 5.48. The number of H-pyrrole nitrogens is 1. The Hall–Kier alpha value is -2.19. The topological polar surface area (TPSA) is 88.9 Å². The molecule has 3 heterocycles. The summed E-state index contributed by atoms with van der Waals surface area (Å²) in [4.78, 5) is 29.8. The highest BCUT2D eigenvalue weighted by Crippen LogP contribution is 2.37. The van der Waals surface area contributed by atoms with Crippen LogP contribution in [0.2, 0.25) is 0 Å². The molecule has 0 fully saturated rings. The molecule has 0 amide bonds. The first-order chi connectivity index (χ1) is 13.8. The fourth-order valence-electron chi connectivity index (χ4n) is 3.94. The largest absolute Gasteiger partial charge is 0.410 e. The summed E-state index contributed by atoms with van der Waals surface area (Å²) in [5, 5.41) is 8.63. The predicted octanol–water partition coefficient (Wildman–Crippen LogP) is 5.05. The molecule has 4 rings (SSSR count). The summed E-state index contributed by atoms with van der Waals surface area (Å²) in [5.41, 5.74) is 3.88. The summed E-state index contributed by atoms with van der Waals surface area (Å²) in [7, 11) is 0. The van der Waals surface area contributed by atoms with Gasteiger partial charge in [0, 0.05) is 16.1 Å². The number of carbonyl (C=O) groups is 2. The van der Waals surface area contributed by atoms with E-state index in [-0.39, 0.29) is 17.3 Å². The van der Waals surface area contributed by atoms with E-state index in [1.165, 1.54) is 35.5 Å². The van der Waals surface area contributed by atoms with Gasteiger partial charge in [-0.2, -0.15) is 0 Å². The third-order valence-corrected chi connectivity index (χ3v) is 7.39. The van der Waals surface area contributed by atoms with E-state index in [1.54, 1.807) is 25.2 Å². The molecule has 6 nitrogen and oxygen atoms in total. The number of aromatic amines is 1. The van der Waals surface area contributed by atoms with E-state index in [2.05, 4.69) is 28.2 Å². The first-order valence-electron chi connectivity index (χ1n) is 9.65. The molecule has 0 aliphatic heterocycles. The van der Waals surface area contributed by atoms with Gasteiger partial charge in [0.2, 0.25) is 0 Å².